The first-order valence-electron chi connectivity index (χ1n) is 8.27. The van der Waals surface area contributed by atoms with E-state index in [0.717, 1.165) is 23.2 Å². The van der Waals surface area contributed by atoms with Gasteiger partial charge in [0.05, 0.1) is 6.42 Å². The van der Waals surface area contributed by atoms with Gasteiger partial charge in [-0.2, -0.15) is 5.10 Å². The van der Waals surface area contributed by atoms with Gasteiger partial charge in [0.2, 0.25) is 5.91 Å². The molecule has 0 bridgehead atoms. The summed E-state index contributed by atoms with van der Waals surface area (Å²) in [6, 6.07) is 14.9. The summed E-state index contributed by atoms with van der Waals surface area (Å²) in [5.41, 5.74) is 6.52. The SMILES string of the molecule is CCc1ccccc1NC(=O)CC(C)=NNC(=O)c1ccc(C)cc1. The van der Waals surface area contributed by atoms with Gasteiger partial charge < -0.3 is 5.32 Å². The van der Waals surface area contributed by atoms with Gasteiger partial charge in [-0.15, -0.1) is 0 Å². The molecular formula is C20H23N3O2. The van der Waals surface area contributed by atoms with Gasteiger partial charge in [0, 0.05) is 17.0 Å². The van der Waals surface area contributed by atoms with E-state index in [1.165, 1.54) is 0 Å². The first-order valence-corrected chi connectivity index (χ1v) is 8.27. The molecule has 0 heterocycles. The number of nitrogens with one attached hydrogen (secondary N) is 2. The molecule has 2 N–H and O–H groups in total. The van der Waals surface area contributed by atoms with Crippen molar-refractivity contribution in [2.45, 2.75) is 33.6 Å². The lowest BCUT2D eigenvalue weighted by Crippen LogP contribution is -2.21. The van der Waals surface area contributed by atoms with Gasteiger partial charge in [-0.25, -0.2) is 5.43 Å². The van der Waals surface area contributed by atoms with E-state index in [4.69, 9.17) is 0 Å². The monoisotopic (exact) mass is 337 g/mol. The predicted molar refractivity (Wildman–Crippen MR) is 101 cm³/mol. The molecule has 2 rings (SSSR count). The van der Waals surface area contributed by atoms with Crippen molar-refractivity contribution in [2.75, 3.05) is 5.32 Å². The smallest absolute Gasteiger partial charge is 0.271 e. The number of anilines is 1. The van der Waals surface area contributed by atoms with E-state index in [0.29, 0.717) is 11.3 Å². The van der Waals surface area contributed by atoms with Crippen LogP contribution in [0.3, 0.4) is 0 Å². The Morgan fingerprint density at radius 3 is 2.40 bits per heavy atom. The zero-order chi connectivity index (χ0) is 18.2. The second kappa shape index (κ2) is 8.78. The molecule has 0 saturated carbocycles. The van der Waals surface area contributed by atoms with Crippen LogP contribution in [0.1, 0.15) is 41.8 Å². The molecule has 0 unspecified atom stereocenters. The topological polar surface area (TPSA) is 70.6 Å². The Morgan fingerprint density at radius 2 is 1.72 bits per heavy atom. The zero-order valence-electron chi connectivity index (χ0n) is 14.8. The second-order valence-electron chi connectivity index (χ2n) is 5.89. The van der Waals surface area contributed by atoms with Gasteiger partial charge in [-0.1, -0.05) is 42.8 Å². The lowest BCUT2D eigenvalue weighted by molar-refractivity contribution is -0.115. The number of rotatable bonds is 6. The number of hydrogen-bond acceptors (Lipinski definition) is 3. The molecule has 25 heavy (non-hydrogen) atoms. The van der Waals surface area contributed by atoms with Crippen LogP contribution in [0, 0.1) is 6.92 Å². The third-order valence-corrected chi connectivity index (χ3v) is 3.75. The number of benzene rings is 2. The number of hydrogen-bond donors (Lipinski definition) is 2. The summed E-state index contributed by atoms with van der Waals surface area (Å²) in [4.78, 5) is 24.1. The Kier molecular flexibility index (Phi) is 6.46. The summed E-state index contributed by atoms with van der Waals surface area (Å²) in [7, 11) is 0. The van der Waals surface area contributed by atoms with E-state index in [1.54, 1.807) is 19.1 Å². The molecule has 2 aromatic rings. The standard InChI is InChI=1S/C20H23N3O2/c1-4-16-7-5-6-8-18(16)21-19(24)13-15(3)22-23-20(25)17-11-9-14(2)10-12-17/h5-12H,4,13H2,1-3H3,(H,21,24)(H,23,25). The molecule has 0 atom stereocenters. The van der Waals surface area contributed by atoms with Crippen molar-refractivity contribution in [2.24, 2.45) is 5.10 Å². The molecular weight excluding hydrogens is 314 g/mol. The third-order valence-electron chi connectivity index (χ3n) is 3.75. The molecule has 0 radical (unpaired) electrons. The number of carbonyl (C=O) groups excluding carboxylic acids is 2. The molecule has 130 valence electrons. The van der Waals surface area contributed by atoms with Crippen LogP contribution < -0.4 is 10.7 Å². The van der Waals surface area contributed by atoms with Crippen molar-refractivity contribution in [1.29, 1.82) is 0 Å². The largest absolute Gasteiger partial charge is 0.326 e. The van der Waals surface area contributed by atoms with Crippen molar-refractivity contribution in [1.82, 2.24) is 5.43 Å². The van der Waals surface area contributed by atoms with E-state index in [-0.39, 0.29) is 18.2 Å². The number of amides is 2. The molecule has 0 aromatic heterocycles. The Balaban J connectivity index is 1.90. The van der Waals surface area contributed by atoms with Gasteiger partial charge in [0.1, 0.15) is 0 Å². The van der Waals surface area contributed by atoms with Crippen molar-refractivity contribution in [3.05, 3.63) is 65.2 Å². The first-order chi connectivity index (χ1) is 12.0. The average molecular weight is 337 g/mol. The highest BCUT2D eigenvalue weighted by Crippen LogP contribution is 2.15. The van der Waals surface area contributed by atoms with Crippen molar-refractivity contribution in [3.8, 4) is 0 Å². The fourth-order valence-electron chi connectivity index (χ4n) is 2.33. The summed E-state index contributed by atoms with van der Waals surface area (Å²) >= 11 is 0. The van der Waals surface area contributed by atoms with Crippen molar-refractivity contribution >= 4 is 23.2 Å². The van der Waals surface area contributed by atoms with E-state index in [2.05, 4.69) is 15.8 Å². The Bertz CT molecular complexity index is 780. The van der Waals surface area contributed by atoms with Gasteiger partial charge >= 0.3 is 0 Å². The summed E-state index contributed by atoms with van der Waals surface area (Å²) in [5, 5.41) is 6.89. The molecule has 0 aliphatic carbocycles. The Morgan fingerprint density at radius 1 is 1.04 bits per heavy atom. The van der Waals surface area contributed by atoms with Crippen LogP contribution in [-0.4, -0.2) is 17.5 Å². The highest BCUT2D eigenvalue weighted by atomic mass is 16.2. The fraction of sp³-hybridized carbons (Fsp3) is 0.250. The predicted octanol–water partition coefficient (Wildman–Crippen LogP) is 3.69. The lowest BCUT2D eigenvalue weighted by Gasteiger charge is -2.09. The maximum absolute atomic E-state index is 12.1. The molecule has 0 spiro atoms. The maximum Gasteiger partial charge on any atom is 0.271 e. The Hall–Kier alpha value is -2.95. The quantitative estimate of drug-likeness (QED) is 0.623. The maximum atomic E-state index is 12.1. The molecule has 5 nitrogen and oxygen atoms in total. The molecule has 0 aliphatic heterocycles. The van der Waals surface area contributed by atoms with Crippen LogP contribution in [0.4, 0.5) is 5.69 Å². The molecule has 2 aromatic carbocycles. The zero-order valence-corrected chi connectivity index (χ0v) is 14.8. The van der Waals surface area contributed by atoms with E-state index in [1.807, 2.05) is 50.2 Å². The lowest BCUT2D eigenvalue weighted by atomic mass is 10.1. The van der Waals surface area contributed by atoms with Gasteiger partial charge in [0.25, 0.3) is 5.91 Å². The van der Waals surface area contributed by atoms with Gasteiger partial charge in [0.15, 0.2) is 0 Å². The first kappa shape index (κ1) is 18.4. The second-order valence-corrected chi connectivity index (χ2v) is 5.89. The summed E-state index contributed by atoms with van der Waals surface area (Å²) in [5.74, 6) is -0.456. The number of hydrazone groups is 1. The molecule has 0 saturated heterocycles. The number of carbonyl (C=O) groups is 2. The van der Waals surface area contributed by atoms with Crippen LogP contribution >= 0.6 is 0 Å². The summed E-state index contributed by atoms with van der Waals surface area (Å²) < 4.78 is 0. The fourth-order valence-corrected chi connectivity index (χ4v) is 2.33. The number of nitrogens with zero attached hydrogens (tertiary/aromatic N) is 1. The minimum absolute atomic E-state index is 0.117. The minimum atomic E-state index is -0.295. The van der Waals surface area contributed by atoms with Gasteiger partial charge in [-0.05, 0) is 44.0 Å². The van der Waals surface area contributed by atoms with E-state index >= 15 is 0 Å². The van der Waals surface area contributed by atoms with Crippen LogP contribution in [0.2, 0.25) is 0 Å². The average Bonchev–Trinajstić information content (AvgIpc) is 2.60. The highest BCUT2D eigenvalue weighted by molar-refractivity contribution is 6.06. The van der Waals surface area contributed by atoms with Gasteiger partial charge in [-0.3, -0.25) is 9.59 Å². The summed E-state index contributed by atoms with van der Waals surface area (Å²) in [6.45, 7) is 5.71. The third kappa shape index (κ3) is 5.57. The molecule has 2 amide bonds. The Labute approximate surface area is 148 Å². The van der Waals surface area contributed by atoms with E-state index < -0.39 is 0 Å². The number of aryl methyl sites for hydroxylation is 2. The molecule has 0 aliphatic rings. The molecule has 5 heteroatoms. The summed E-state index contributed by atoms with van der Waals surface area (Å²) in [6.07, 6.45) is 0.961. The minimum Gasteiger partial charge on any atom is -0.326 e. The van der Waals surface area contributed by atoms with Crippen molar-refractivity contribution in [3.63, 3.8) is 0 Å². The van der Waals surface area contributed by atoms with Crippen LogP contribution in [0.25, 0.3) is 0 Å². The van der Waals surface area contributed by atoms with Crippen LogP contribution in [0.5, 0.6) is 0 Å². The normalized spacial score (nSPS) is 11.1. The van der Waals surface area contributed by atoms with Crippen molar-refractivity contribution < 1.29 is 9.59 Å². The van der Waals surface area contributed by atoms with Crippen LogP contribution in [-0.2, 0) is 11.2 Å². The highest BCUT2D eigenvalue weighted by Gasteiger charge is 2.08. The molecule has 0 fully saturated rings. The van der Waals surface area contributed by atoms with Crippen LogP contribution in [0.15, 0.2) is 53.6 Å². The number of para-hydroxylation sites is 1. The van der Waals surface area contributed by atoms with E-state index in [9.17, 15) is 9.59 Å².